The first-order valence-electron chi connectivity index (χ1n) is 28.6. The van der Waals surface area contributed by atoms with Gasteiger partial charge in [-0.1, -0.05) is 96.2 Å². The third kappa shape index (κ3) is 16.7. The molecule has 2 fully saturated rings. The first kappa shape index (κ1) is 66.1. The van der Waals surface area contributed by atoms with Gasteiger partial charge in [0.15, 0.2) is 23.1 Å². The van der Waals surface area contributed by atoms with Crippen LogP contribution in [0.4, 0.5) is 8.78 Å². The SMILES string of the molecule is C/C=C1\C[C@H](C)[C@@]2(NC1=O)O[C@@H](C[C@H](O)[C@@H](C)CC/C=C/C=C(\C)[C@@H]1C/C=C/C=C/[C@H](O)[C@H](C)[C@@H](O)[C@@H](CCC(C)=O)C(=O)N[C@@H](C(C)C)C(=O)NC(C)(Cc3cc(O)c(F)c(F)c3)C(=O)N3CCCC(C=O)(CO1)N3)[C@H](C)C=C2C. The van der Waals surface area contributed by atoms with Crippen LogP contribution in [0.3, 0.4) is 0 Å². The molecule has 1 aromatic carbocycles. The molecule has 19 heteroatoms. The summed E-state index contributed by atoms with van der Waals surface area (Å²) in [4.78, 5) is 82.1. The molecule has 8 N–H and O–H groups in total. The number of carbonyl (C=O) groups is 6. The number of benzene rings is 1. The number of nitrogens with zero attached hydrogens (tertiary/aromatic N) is 1. The topological polar surface area (TPSA) is 253 Å². The summed E-state index contributed by atoms with van der Waals surface area (Å²) in [6.07, 6.45) is 15.0. The van der Waals surface area contributed by atoms with E-state index in [1.165, 1.54) is 24.9 Å². The van der Waals surface area contributed by atoms with Crippen molar-refractivity contribution in [1.29, 1.82) is 0 Å². The standard InChI is InChI=1S/C62H89F2N5O12/c1-12-45-29-41(8)62(67-56(45)76)40(7)28-39(6)52(81-62)32-49(73)37(4)20-15-13-16-21-38(5)51-23-18-14-17-22-48(72)43(10)55(75)46(25-24-42(9)71)57(77)65-54(36(2)3)58(78)66-60(11,33-44-30-47(63)53(64)50(74)31-44)59(79)69-27-19-26-61(34-70,68-69)35-80-51/h12-14,16-18,21-22,28,30-31,34,36-37,39,41,43,46,48-49,51-52,54-55,68,72-75H,15,19-20,23-27,29,32-33,35H2,1-11H3,(H,65,77)(H,66,78)(H,67,76)/b16-13+,18-14+,22-17+,38-21+,45-12+/t37-,39+,41-,43-,46+,48-,49-,51-,52-,54-,55+,60?,61?,62-/m0/s1. The van der Waals surface area contributed by atoms with Crippen LogP contribution in [0.15, 0.2) is 83.5 Å². The summed E-state index contributed by atoms with van der Waals surface area (Å²) in [5.74, 6) is -9.71. The van der Waals surface area contributed by atoms with Crippen molar-refractivity contribution in [2.75, 3.05) is 13.2 Å². The lowest BCUT2D eigenvalue weighted by Crippen LogP contribution is -2.70. The van der Waals surface area contributed by atoms with Crippen molar-refractivity contribution >= 4 is 35.7 Å². The summed E-state index contributed by atoms with van der Waals surface area (Å²) < 4.78 is 42.4. The van der Waals surface area contributed by atoms with E-state index in [-0.39, 0.29) is 79.9 Å². The van der Waals surface area contributed by atoms with Gasteiger partial charge >= 0.3 is 0 Å². The zero-order chi connectivity index (χ0) is 60.1. The van der Waals surface area contributed by atoms with Gasteiger partial charge in [-0.2, -0.15) is 4.39 Å². The molecule has 0 aromatic heterocycles. The van der Waals surface area contributed by atoms with E-state index in [0.717, 1.165) is 28.9 Å². The monoisotopic (exact) mass is 1130 g/mol. The Morgan fingerprint density at radius 3 is 2.40 bits per heavy atom. The number of ketones is 1. The number of hydrazine groups is 1. The summed E-state index contributed by atoms with van der Waals surface area (Å²) in [6.45, 7) is 19.2. The van der Waals surface area contributed by atoms with E-state index in [2.05, 4.69) is 41.3 Å². The Labute approximate surface area is 476 Å². The average Bonchev–Trinajstić information content (AvgIpc) is 3.41. The number of halogens is 2. The molecule has 1 spiro atoms. The number of hydrogen-bond acceptors (Lipinski definition) is 13. The largest absolute Gasteiger partial charge is 0.505 e. The number of fused-ring (bicyclic) bond motifs is 2. The molecule has 5 rings (SSSR count). The van der Waals surface area contributed by atoms with E-state index < -0.39 is 107 Å². The molecule has 4 amide bonds. The first-order valence-corrected chi connectivity index (χ1v) is 28.6. The smallest absolute Gasteiger partial charge is 0.262 e. The minimum atomic E-state index is -2.01. The molecule has 2 unspecified atom stereocenters. The Morgan fingerprint density at radius 1 is 1.02 bits per heavy atom. The molecule has 2 saturated heterocycles. The van der Waals surface area contributed by atoms with Crippen LogP contribution in [0.25, 0.3) is 0 Å². The van der Waals surface area contributed by atoms with Gasteiger partial charge in [-0.05, 0) is 120 Å². The summed E-state index contributed by atoms with van der Waals surface area (Å²) in [5, 5.41) is 54.4. The number of phenols is 1. The van der Waals surface area contributed by atoms with E-state index in [1.807, 2.05) is 52.0 Å². The minimum absolute atomic E-state index is 0.00211. The lowest BCUT2D eigenvalue weighted by atomic mass is 9.77. The first-order chi connectivity index (χ1) is 38.1. The van der Waals surface area contributed by atoms with Crippen LogP contribution in [-0.2, 0) is 44.7 Å². The second kappa shape index (κ2) is 29.0. The molecule has 0 aliphatic carbocycles. The van der Waals surface area contributed by atoms with Gasteiger partial charge in [0.1, 0.15) is 29.2 Å². The van der Waals surface area contributed by atoms with Crippen LogP contribution in [0.1, 0.15) is 140 Å². The number of allylic oxidation sites excluding steroid dienone is 6. The number of amides is 4. The predicted molar refractivity (Wildman–Crippen MR) is 303 cm³/mol. The van der Waals surface area contributed by atoms with E-state index >= 15 is 0 Å². The molecule has 81 heavy (non-hydrogen) atoms. The van der Waals surface area contributed by atoms with E-state index in [9.17, 15) is 58.0 Å². The van der Waals surface area contributed by atoms with Crippen LogP contribution in [-0.4, -0.2) is 128 Å². The third-order valence-electron chi connectivity index (χ3n) is 16.8. The number of rotatable bonds is 15. The maximum atomic E-state index is 15.0. The maximum Gasteiger partial charge on any atom is 0.262 e. The van der Waals surface area contributed by atoms with E-state index in [1.54, 1.807) is 39.0 Å². The molecule has 1 aromatic rings. The van der Waals surface area contributed by atoms with Gasteiger partial charge in [0.25, 0.3) is 5.91 Å². The third-order valence-corrected chi connectivity index (χ3v) is 16.8. The number of hydrogen-bond donors (Lipinski definition) is 8. The molecule has 4 aliphatic rings. The summed E-state index contributed by atoms with van der Waals surface area (Å²) in [5.41, 5.74) is 1.03. The second-order valence-electron chi connectivity index (χ2n) is 23.8. The molecule has 2 bridgehead atoms. The van der Waals surface area contributed by atoms with Crippen molar-refractivity contribution in [3.63, 3.8) is 0 Å². The zero-order valence-corrected chi connectivity index (χ0v) is 49.1. The van der Waals surface area contributed by atoms with E-state index in [0.29, 0.717) is 38.4 Å². The predicted octanol–water partition coefficient (Wildman–Crippen LogP) is 6.99. The number of aliphatic hydroxyl groups is 3. The van der Waals surface area contributed by atoms with Crippen molar-refractivity contribution in [2.45, 2.75) is 194 Å². The molecule has 4 aliphatic heterocycles. The number of ether oxygens (including phenoxy) is 2. The van der Waals surface area contributed by atoms with Crippen molar-refractivity contribution in [2.24, 2.45) is 35.5 Å². The van der Waals surface area contributed by atoms with Crippen LogP contribution < -0.4 is 21.4 Å². The number of aldehydes is 1. The van der Waals surface area contributed by atoms with Crippen LogP contribution in [0.5, 0.6) is 5.75 Å². The number of carbonyl (C=O) groups excluding carboxylic acids is 6. The van der Waals surface area contributed by atoms with Gasteiger partial charge in [0.05, 0.1) is 43.0 Å². The highest BCUT2D eigenvalue weighted by molar-refractivity contribution is 5.96. The molecule has 14 atom stereocenters. The van der Waals surface area contributed by atoms with Gasteiger partial charge < -0.3 is 55.4 Å². The Kier molecular flexibility index (Phi) is 23.7. The summed E-state index contributed by atoms with van der Waals surface area (Å²) in [6, 6.07) is 0.363. The maximum absolute atomic E-state index is 15.0. The normalized spacial score (nSPS) is 33.7. The van der Waals surface area contributed by atoms with Crippen molar-refractivity contribution in [3.8, 4) is 5.75 Å². The van der Waals surface area contributed by atoms with Gasteiger partial charge in [-0.25, -0.2) is 9.82 Å². The number of nitrogens with one attached hydrogen (secondary N) is 4. The fraction of sp³-hybridized carbons (Fsp3) is 0.613. The Balaban J connectivity index is 1.40. The molecular formula is C62H89F2N5O12. The van der Waals surface area contributed by atoms with Gasteiger partial charge in [-0.3, -0.25) is 24.2 Å². The highest BCUT2D eigenvalue weighted by atomic mass is 19.2. The second-order valence-corrected chi connectivity index (χ2v) is 23.8. The van der Waals surface area contributed by atoms with Crippen molar-refractivity contribution in [3.05, 3.63) is 101 Å². The number of Topliss-reactive ketones (excluding diaryl/α,β-unsaturated/α-hetero) is 1. The molecule has 448 valence electrons. The average molecular weight is 1130 g/mol. The van der Waals surface area contributed by atoms with E-state index in [4.69, 9.17) is 9.47 Å². The Morgan fingerprint density at radius 2 is 1.74 bits per heavy atom. The lowest BCUT2D eigenvalue weighted by Gasteiger charge is -2.50. The number of aliphatic hydroxyl groups excluding tert-OH is 3. The fourth-order valence-electron chi connectivity index (χ4n) is 11.3. The Hall–Kier alpha value is -5.70. The number of phenolic OH excluding ortho intramolecular Hbond substituents is 1. The number of piperidine rings is 1. The molecular weight excluding hydrogens is 1040 g/mol. The van der Waals surface area contributed by atoms with Crippen molar-refractivity contribution in [1.82, 2.24) is 26.4 Å². The molecule has 17 nitrogen and oxygen atoms in total. The van der Waals surface area contributed by atoms with Crippen LogP contribution >= 0.6 is 0 Å². The lowest BCUT2D eigenvalue weighted by molar-refractivity contribution is -0.168. The minimum Gasteiger partial charge on any atom is -0.505 e. The van der Waals surface area contributed by atoms with Gasteiger partial charge in [0.2, 0.25) is 17.7 Å². The Bertz CT molecular complexity index is 2590. The zero-order valence-electron chi connectivity index (χ0n) is 49.1. The fourth-order valence-corrected chi connectivity index (χ4v) is 11.3. The van der Waals surface area contributed by atoms with Gasteiger partial charge in [0, 0.05) is 49.1 Å². The molecule has 4 heterocycles. The summed E-state index contributed by atoms with van der Waals surface area (Å²) >= 11 is 0. The molecule has 0 saturated carbocycles. The highest BCUT2D eigenvalue weighted by Gasteiger charge is 2.50. The number of aromatic hydroxyl groups is 1. The van der Waals surface area contributed by atoms with Crippen LogP contribution in [0, 0.1) is 47.1 Å². The highest BCUT2D eigenvalue weighted by Crippen LogP contribution is 2.43. The summed E-state index contributed by atoms with van der Waals surface area (Å²) in [7, 11) is 0. The quantitative estimate of drug-likeness (QED) is 0.0382. The van der Waals surface area contributed by atoms with Crippen LogP contribution in [0.2, 0.25) is 0 Å². The van der Waals surface area contributed by atoms with Crippen molar-refractivity contribution < 1.29 is 67.4 Å². The molecule has 0 radical (unpaired) electrons. The van der Waals surface area contributed by atoms with Gasteiger partial charge in [-0.15, -0.1) is 0 Å².